The van der Waals surface area contributed by atoms with Crippen molar-refractivity contribution in [1.29, 1.82) is 0 Å². The highest BCUT2D eigenvalue weighted by atomic mass is 32.1. The van der Waals surface area contributed by atoms with Gasteiger partial charge in [-0.2, -0.15) is 0 Å². The summed E-state index contributed by atoms with van der Waals surface area (Å²) < 4.78 is 0. The Morgan fingerprint density at radius 1 is 1.39 bits per heavy atom. The van der Waals surface area contributed by atoms with Crippen LogP contribution >= 0.6 is 11.3 Å². The monoisotopic (exact) mass is 267 g/mol. The first kappa shape index (κ1) is 14.0. The molecule has 0 spiro atoms. The molecule has 1 fully saturated rings. The number of likely N-dealkylation sites (tertiary alicyclic amines) is 1. The summed E-state index contributed by atoms with van der Waals surface area (Å²) in [6.07, 6.45) is 4.95. The van der Waals surface area contributed by atoms with Gasteiger partial charge in [0, 0.05) is 10.8 Å². The molecule has 1 aliphatic rings. The summed E-state index contributed by atoms with van der Waals surface area (Å²) in [6, 6.07) is 0. The van der Waals surface area contributed by atoms with Crippen molar-refractivity contribution >= 4 is 11.3 Å². The van der Waals surface area contributed by atoms with Crippen LogP contribution in [0.4, 0.5) is 0 Å². The fourth-order valence-corrected chi connectivity index (χ4v) is 3.82. The molecular weight excluding hydrogens is 242 g/mol. The number of piperidine rings is 1. The van der Waals surface area contributed by atoms with E-state index in [4.69, 9.17) is 4.98 Å². The summed E-state index contributed by atoms with van der Waals surface area (Å²) >= 11 is 1.96. The Morgan fingerprint density at radius 3 is 2.78 bits per heavy atom. The third-order valence-corrected chi connectivity index (χ3v) is 5.19. The van der Waals surface area contributed by atoms with Crippen LogP contribution in [0.3, 0.4) is 0 Å². The molecule has 0 radical (unpaired) electrons. The predicted octanol–water partition coefficient (Wildman–Crippen LogP) is 2.41. The average molecular weight is 267 g/mol. The highest BCUT2D eigenvalue weighted by Gasteiger charge is 2.22. The number of nitrogens with one attached hydrogen (secondary N) is 1. The Hall–Kier alpha value is -0.450. The minimum atomic E-state index is 0.711. The first-order valence-electron chi connectivity index (χ1n) is 7.00. The Balaban J connectivity index is 1.95. The molecule has 0 saturated carbocycles. The minimum Gasteiger partial charge on any atom is -0.320 e. The molecule has 18 heavy (non-hydrogen) atoms. The van der Waals surface area contributed by atoms with Crippen molar-refractivity contribution in [3.63, 3.8) is 0 Å². The number of aromatic nitrogens is 1. The molecule has 0 unspecified atom stereocenters. The molecule has 102 valence electrons. The summed E-state index contributed by atoms with van der Waals surface area (Å²) in [5.74, 6) is 0.711. The smallest absolute Gasteiger partial charge is 0.0962 e. The van der Waals surface area contributed by atoms with E-state index < -0.39 is 0 Å². The van der Waals surface area contributed by atoms with Crippen molar-refractivity contribution in [1.82, 2.24) is 15.2 Å². The second-order valence-corrected chi connectivity index (χ2v) is 6.46. The molecule has 0 amide bonds. The molecule has 0 aliphatic carbocycles. The Kier molecular flexibility index (Phi) is 5.15. The third-order valence-electron chi connectivity index (χ3n) is 3.81. The predicted molar refractivity (Wildman–Crippen MR) is 78.6 cm³/mol. The molecular formula is C14H25N3S. The number of thiazole rings is 1. The number of nitrogens with zero attached hydrogens (tertiary/aromatic N) is 2. The van der Waals surface area contributed by atoms with Crippen molar-refractivity contribution in [2.24, 2.45) is 0 Å². The van der Waals surface area contributed by atoms with Gasteiger partial charge >= 0.3 is 0 Å². The largest absolute Gasteiger partial charge is 0.320 e. The summed E-state index contributed by atoms with van der Waals surface area (Å²) in [7, 11) is 4.23. The van der Waals surface area contributed by atoms with E-state index in [0.717, 1.165) is 6.54 Å². The van der Waals surface area contributed by atoms with Crippen molar-refractivity contribution in [2.75, 3.05) is 33.7 Å². The van der Waals surface area contributed by atoms with Crippen molar-refractivity contribution in [3.8, 4) is 0 Å². The molecule has 3 nitrogen and oxygen atoms in total. The van der Waals surface area contributed by atoms with E-state index in [1.165, 1.54) is 54.4 Å². The van der Waals surface area contributed by atoms with Gasteiger partial charge in [0.1, 0.15) is 0 Å². The lowest BCUT2D eigenvalue weighted by Crippen LogP contribution is -2.29. The maximum Gasteiger partial charge on any atom is 0.0962 e. The van der Waals surface area contributed by atoms with Gasteiger partial charge in [0.15, 0.2) is 0 Å². The lowest BCUT2D eigenvalue weighted by molar-refractivity contribution is 0.255. The number of aryl methyl sites for hydroxylation is 2. The van der Waals surface area contributed by atoms with Crippen LogP contribution < -0.4 is 5.32 Å². The quantitative estimate of drug-likeness (QED) is 0.831. The van der Waals surface area contributed by atoms with Crippen LogP contribution in [0.2, 0.25) is 0 Å². The normalized spacial score (nSPS) is 18.4. The molecule has 0 aromatic carbocycles. The minimum absolute atomic E-state index is 0.711. The molecule has 2 heterocycles. The van der Waals surface area contributed by atoms with Crippen LogP contribution in [0.15, 0.2) is 0 Å². The Labute approximate surface area is 115 Å². The average Bonchev–Trinajstić information content (AvgIpc) is 2.72. The van der Waals surface area contributed by atoms with Gasteiger partial charge in [0.25, 0.3) is 0 Å². The molecule has 0 bridgehead atoms. The zero-order valence-corrected chi connectivity index (χ0v) is 12.6. The van der Waals surface area contributed by atoms with Crippen molar-refractivity contribution < 1.29 is 0 Å². The summed E-state index contributed by atoms with van der Waals surface area (Å²) in [5, 5.41) is 4.60. The van der Waals surface area contributed by atoms with Crippen LogP contribution in [-0.2, 0) is 6.42 Å². The third kappa shape index (κ3) is 3.53. The molecule has 1 N–H and O–H groups in total. The van der Waals surface area contributed by atoms with Gasteiger partial charge in [-0.3, -0.25) is 0 Å². The topological polar surface area (TPSA) is 28.2 Å². The maximum atomic E-state index is 4.82. The SMILES string of the molecule is CNCCCc1sc(C2CCN(C)CC2)nc1C. The van der Waals surface area contributed by atoms with Crippen molar-refractivity contribution in [2.45, 2.75) is 38.5 Å². The molecule has 4 heteroatoms. The van der Waals surface area contributed by atoms with Gasteiger partial charge in [0.2, 0.25) is 0 Å². The van der Waals surface area contributed by atoms with E-state index in [1.54, 1.807) is 0 Å². The first-order chi connectivity index (χ1) is 8.70. The highest BCUT2D eigenvalue weighted by molar-refractivity contribution is 7.11. The molecule has 2 rings (SSSR count). The van der Waals surface area contributed by atoms with Gasteiger partial charge in [-0.1, -0.05) is 0 Å². The van der Waals surface area contributed by atoms with Crippen LogP contribution in [0.25, 0.3) is 0 Å². The second-order valence-electron chi connectivity index (χ2n) is 5.35. The fourth-order valence-electron chi connectivity index (χ4n) is 2.54. The van der Waals surface area contributed by atoms with Crippen LogP contribution in [0.1, 0.15) is 40.8 Å². The second kappa shape index (κ2) is 6.64. The van der Waals surface area contributed by atoms with Gasteiger partial charge in [0.05, 0.1) is 10.7 Å². The fraction of sp³-hybridized carbons (Fsp3) is 0.786. The van der Waals surface area contributed by atoms with E-state index >= 15 is 0 Å². The van der Waals surface area contributed by atoms with Gasteiger partial charge in [-0.15, -0.1) is 11.3 Å². The molecule has 0 atom stereocenters. The van der Waals surface area contributed by atoms with Crippen LogP contribution in [0, 0.1) is 6.92 Å². The van der Waals surface area contributed by atoms with E-state index in [1.807, 2.05) is 18.4 Å². The molecule has 1 saturated heterocycles. The highest BCUT2D eigenvalue weighted by Crippen LogP contribution is 2.32. The van der Waals surface area contributed by atoms with Gasteiger partial charge in [-0.05, 0) is 66.3 Å². The summed E-state index contributed by atoms with van der Waals surface area (Å²) in [4.78, 5) is 8.74. The molecule has 1 aromatic heterocycles. The van der Waals surface area contributed by atoms with E-state index in [0.29, 0.717) is 5.92 Å². The standard InChI is InChI=1S/C14H25N3S/c1-11-13(5-4-8-15-2)18-14(16-11)12-6-9-17(3)10-7-12/h12,15H,4-10H2,1-3H3. The number of rotatable bonds is 5. The molecule has 1 aromatic rings. The van der Waals surface area contributed by atoms with Gasteiger partial charge in [-0.25, -0.2) is 4.98 Å². The Bertz CT molecular complexity index is 367. The summed E-state index contributed by atoms with van der Waals surface area (Å²) in [6.45, 7) is 5.71. The zero-order chi connectivity index (χ0) is 13.0. The molecule has 1 aliphatic heterocycles. The van der Waals surface area contributed by atoms with E-state index in [2.05, 4.69) is 24.2 Å². The lowest BCUT2D eigenvalue weighted by Gasteiger charge is -2.27. The summed E-state index contributed by atoms with van der Waals surface area (Å²) in [5.41, 5.74) is 1.27. The maximum absolute atomic E-state index is 4.82. The van der Waals surface area contributed by atoms with Gasteiger partial charge < -0.3 is 10.2 Å². The zero-order valence-electron chi connectivity index (χ0n) is 11.8. The first-order valence-corrected chi connectivity index (χ1v) is 7.81. The number of hydrogen-bond acceptors (Lipinski definition) is 4. The van der Waals surface area contributed by atoms with Crippen LogP contribution in [0.5, 0.6) is 0 Å². The number of hydrogen-bond donors (Lipinski definition) is 1. The van der Waals surface area contributed by atoms with Crippen LogP contribution in [-0.4, -0.2) is 43.6 Å². The van der Waals surface area contributed by atoms with E-state index in [-0.39, 0.29) is 0 Å². The lowest BCUT2D eigenvalue weighted by atomic mass is 9.98. The Morgan fingerprint density at radius 2 is 2.11 bits per heavy atom. The van der Waals surface area contributed by atoms with Crippen molar-refractivity contribution in [3.05, 3.63) is 15.6 Å². The van der Waals surface area contributed by atoms with E-state index in [9.17, 15) is 0 Å².